The molecule has 4 nitrogen and oxygen atoms in total. The van der Waals surface area contributed by atoms with E-state index in [1.165, 1.54) is 0 Å². The van der Waals surface area contributed by atoms with E-state index in [0.29, 0.717) is 6.61 Å². The van der Waals surface area contributed by atoms with Gasteiger partial charge in [-0.25, -0.2) is 4.98 Å². The van der Waals surface area contributed by atoms with Crippen molar-refractivity contribution >= 4 is 11.3 Å². The van der Waals surface area contributed by atoms with E-state index in [-0.39, 0.29) is 0 Å². The van der Waals surface area contributed by atoms with Gasteiger partial charge in [-0.3, -0.25) is 0 Å². The van der Waals surface area contributed by atoms with Crippen LogP contribution in [0.3, 0.4) is 0 Å². The van der Waals surface area contributed by atoms with Crippen LogP contribution in [0.1, 0.15) is 22.9 Å². The predicted octanol–water partition coefficient (Wildman–Crippen LogP) is 2.74. The summed E-state index contributed by atoms with van der Waals surface area (Å²) in [6, 6.07) is 3.79. The van der Waals surface area contributed by atoms with E-state index in [0.717, 1.165) is 42.6 Å². The highest BCUT2D eigenvalue weighted by Gasteiger charge is 1.98. The monoisotopic (exact) mass is 266 g/mol. The summed E-state index contributed by atoms with van der Waals surface area (Å²) in [5, 5.41) is 6.56. The highest BCUT2D eigenvalue weighted by Crippen LogP contribution is 2.07. The van der Waals surface area contributed by atoms with E-state index in [2.05, 4.69) is 15.7 Å². The molecule has 5 heteroatoms. The normalized spacial score (nSPS) is 10.9. The smallest absolute Gasteiger partial charge is 0.129 e. The van der Waals surface area contributed by atoms with Crippen LogP contribution in [-0.4, -0.2) is 18.1 Å². The number of furan rings is 1. The summed E-state index contributed by atoms with van der Waals surface area (Å²) >= 11 is 1.69. The number of nitrogens with one attached hydrogen (secondary N) is 1. The Labute approximate surface area is 111 Å². The number of rotatable bonds is 8. The van der Waals surface area contributed by atoms with Crippen molar-refractivity contribution in [3.05, 3.63) is 40.2 Å². The molecule has 0 aliphatic heterocycles. The molecule has 0 amide bonds. The zero-order valence-corrected chi connectivity index (χ0v) is 11.3. The third-order valence-corrected chi connectivity index (χ3v) is 3.26. The second kappa shape index (κ2) is 7.31. The lowest BCUT2D eigenvalue weighted by Gasteiger charge is -2.03. The molecule has 0 aliphatic carbocycles. The minimum absolute atomic E-state index is 0.554. The lowest BCUT2D eigenvalue weighted by atomic mass is 10.4. The van der Waals surface area contributed by atoms with Gasteiger partial charge in [0.05, 0.1) is 17.0 Å². The van der Waals surface area contributed by atoms with Crippen LogP contribution in [0, 0.1) is 6.92 Å². The molecule has 0 saturated carbocycles. The number of hydrogen-bond donors (Lipinski definition) is 1. The largest absolute Gasteiger partial charge is 0.467 e. The molecule has 2 heterocycles. The average molecular weight is 266 g/mol. The van der Waals surface area contributed by atoms with Gasteiger partial charge in [0.25, 0.3) is 0 Å². The lowest BCUT2D eigenvalue weighted by Crippen LogP contribution is -2.16. The average Bonchev–Trinajstić information content (AvgIpc) is 3.00. The molecule has 0 saturated heterocycles. The van der Waals surface area contributed by atoms with Crippen LogP contribution in [0.25, 0.3) is 0 Å². The predicted molar refractivity (Wildman–Crippen MR) is 71.5 cm³/mol. The van der Waals surface area contributed by atoms with Gasteiger partial charge in [-0.1, -0.05) is 0 Å². The fourth-order valence-electron chi connectivity index (χ4n) is 1.57. The fourth-order valence-corrected chi connectivity index (χ4v) is 2.19. The van der Waals surface area contributed by atoms with Crippen molar-refractivity contribution in [3.8, 4) is 0 Å². The van der Waals surface area contributed by atoms with Gasteiger partial charge in [-0.15, -0.1) is 11.3 Å². The van der Waals surface area contributed by atoms with Gasteiger partial charge in [0.1, 0.15) is 12.4 Å². The molecule has 0 aromatic carbocycles. The summed E-state index contributed by atoms with van der Waals surface area (Å²) in [7, 11) is 0. The first-order valence-corrected chi connectivity index (χ1v) is 6.94. The number of nitrogens with zero attached hydrogens (tertiary/aromatic N) is 1. The Bertz CT molecular complexity index is 440. The second-order valence-electron chi connectivity index (χ2n) is 4.02. The van der Waals surface area contributed by atoms with Crippen LogP contribution in [0.4, 0.5) is 0 Å². The van der Waals surface area contributed by atoms with Crippen LogP contribution in [0.5, 0.6) is 0 Å². The van der Waals surface area contributed by atoms with E-state index < -0.39 is 0 Å². The Morgan fingerprint density at radius 1 is 1.50 bits per heavy atom. The summed E-state index contributed by atoms with van der Waals surface area (Å²) in [5.74, 6) is 0.876. The van der Waals surface area contributed by atoms with Crippen molar-refractivity contribution in [3.63, 3.8) is 0 Å². The van der Waals surface area contributed by atoms with Crippen molar-refractivity contribution in [2.24, 2.45) is 0 Å². The zero-order valence-electron chi connectivity index (χ0n) is 10.5. The summed E-state index contributed by atoms with van der Waals surface area (Å²) in [6.45, 7) is 5.09. The van der Waals surface area contributed by atoms with E-state index in [1.54, 1.807) is 17.6 Å². The standard InChI is InChI=1S/C13H18N2O2S/c1-11-15-12(10-18-11)8-14-5-3-6-16-9-13-4-2-7-17-13/h2,4,7,10,14H,3,5-6,8-9H2,1H3. The Balaban J connectivity index is 1.46. The number of thiazole rings is 1. The topological polar surface area (TPSA) is 47.3 Å². The zero-order chi connectivity index (χ0) is 12.6. The molecule has 18 heavy (non-hydrogen) atoms. The molecule has 0 aliphatic rings. The van der Waals surface area contributed by atoms with Crippen LogP contribution >= 0.6 is 11.3 Å². The van der Waals surface area contributed by atoms with Crippen molar-refractivity contribution in [1.82, 2.24) is 10.3 Å². The second-order valence-corrected chi connectivity index (χ2v) is 5.08. The van der Waals surface area contributed by atoms with E-state index in [1.807, 2.05) is 19.1 Å². The first-order valence-electron chi connectivity index (χ1n) is 6.06. The summed E-state index contributed by atoms with van der Waals surface area (Å²) in [4.78, 5) is 4.39. The van der Waals surface area contributed by atoms with Gasteiger partial charge in [-0.2, -0.15) is 0 Å². The number of aromatic nitrogens is 1. The maximum atomic E-state index is 5.49. The van der Waals surface area contributed by atoms with Crippen molar-refractivity contribution in [2.75, 3.05) is 13.2 Å². The Morgan fingerprint density at radius 2 is 2.44 bits per heavy atom. The summed E-state index contributed by atoms with van der Waals surface area (Å²) in [6.07, 6.45) is 2.65. The molecule has 0 unspecified atom stereocenters. The first-order chi connectivity index (χ1) is 8.84. The maximum absolute atomic E-state index is 5.49. The molecule has 1 N–H and O–H groups in total. The number of ether oxygens (including phenoxy) is 1. The van der Waals surface area contributed by atoms with Gasteiger partial charge in [0, 0.05) is 18.5 Å². The van der Waals surface area contributed by atoms with Crippen LogP contribution in [0.2, 0.25) is 0 Å². The third-order valence-electron chi connectivity index (χ3n) is 2.44. The molecular formula is C13H18N2O2S. The quantitative estimate of drug-likeness (QED) is 0.746. The molecule has 0 spiro atoms. The number of aryl methyl sites for hydroxylation is 1. The molecule has 2 aromatic rings. The van der Waals surface area contributed by atoms with Gasteiger partial charge in [0.2, 0.25) is 0 Å². The Kier molecular flexibility index (Phi) is 5.38. The van der Waals surface area contributed by atoms with Crippen LogP contribution in [-0.2, 0) is 17.9 Å². The Hall–Kier alpha value is -1.17. The van der Waals surface area contributed by atoms with Gasteiger partial charge < -0.3 is 14.5 Å². The van der Waals surface area contributed by atoms with E-state index >= 15 is 0 Å². The van der Waals surface area contributed by atoms with Gasteiger partial charge >= 0.3 is 0 Å². The highest BCUT2D eigenvalue weighted by atomic mass is 32.1. The molecule has 0 fully saturated rings. The molecule has 2 rings (SSSR count). The van der Waals surface area contributed by atoms with Crippen LogP contribution < -0.4 is 5.32 Å². The lowest BCUT2D eigenvalue weighted by molar-refractivity contribution is 0.104. The van der Waals surface area contributed by atoms with E-state index in [4.69, 9.17) is 9.15 Å². The molecule has 98 valence electrons. The van der Waals surface area contributed by atoms with E-state index in [9.17, 15) is 0 Å². The summed E-state index contributed by atoms with van der Waals surface area (Å²) < 4.78 is 10.7. The molecule has 0 radical (unpaired) electrons. The van der Waals surface area contributed by atoms with Crippen molar-refractivity contribution in [1.29, 1.82) is 0 Å². The van der Waals surface area contributed by atoms with Gasteiger partial charge in [0.15, 0.2) is 0 Å². The van der Waals surface area contributed by atoms with Crippen molar-refractivity contribution < 1.29 is 9.15 Å². The third kappa shape index (κ3) is 4.60. The number of hydrogen-bond acceptors (Lipinski definition) is 5. The highest BCUT2D eigenvalue weighted by molar-refractivity contribution is 7.09. The maximum Gasteiger partial charge on any atom is 0.129 e. The molecule has 0 bridgehead atoms. The molecule has 2 aromatic heterocycles. The minimum Gasteiger partial charge on any atom is -0.467 e. The molecular weight excluding hydrogens is 248 g/mol. The first kappa shape index (κ1) is 13.3. The minimum atomic E-state index is 0.554. The fraction of sp³-hybridized carbons (Fsp3) is 0.462. The molecule has 0 atom stereocenters. The van der Waals surface area contributed by atoms with Crippen molar-refractivity contribution in [2.45, 2.75) is 26.5 Å². The Morgan fingerprint density at radius 3 is 3.17 bits per heavy atom. The summed E-state index contributed by atoms with van der Waals surface area (Å²) in [5.41, 5.74) is 1.12. The SMILES string of the molecule is Cc1nc(CNCCCOCc2ccco2)cs1. The van der Waals surface area contributed by atoms with Gasteiger partial charge in [-0.05, 0) is 32.0 Å². The van der Waals surface area contributed by atoms with Crippen LogP contribution in [0.15, 0.2) is 28.2 Å².